The molecular weight excluding hydrogens is 214 g/mol. The van der Waals surface area contributed by atoms with Crippen molar-refractivity contribution < 1.29 is 4.84 Å². The second kappa shape index (κ2) is 5.52. The Morgan fingerprint density at radius 1 is 1.25 bits per heavy atom. The molecule has 0 aromatic heterocycles. The van der Waals surface area contributed by atoms with Crippen molar-refractivity contribution in [3.05, 3.63) is 35.4 Å². The summed E-state index contributed by atoms with van der Waals surface area (Å²) >= 11 is 0. The third kappa shape index (κ3) is 4.33. The van der Waals surface area contributed by atoms with Gasteiger partial charge in [0.15, 0.2) is 0 Å². The van der Waals surface area contributed by atoms with Crippen molar-refractivity contribution in [2.45, 2.75) is 19.6 Å². The van der Waals surface area contributed by atoms with Gasteiger partial charge < -0.3 is 4.84 Å². The molecule has 1 aromatic rings. The Morgan fingerprint density at radius 3 is 2.56 bits per heavy atom. The minimum atomic E-state index is -1.33. The quantitative estimate of drug-likeness (QED) is 0.332. The van der Waals surface area contributed by atoms with Crippen molar-refractivity contribution in [1.29, 1.82) is 0 Å². The van der Waals surface area contributed by atoms with Crippen LogP contribution in [0.15, 0.2) is 29.4 Å². The molecule has 0 saturated carbocycles. The van der Waals surface area contributed by atoms with Gasteiger partial charge in [-0.2, -0.15) is 0 Å². The van der Waals surface area contributed by atoms with Gasteiger partial charge in [0.25, 0.3) is 0 Å². The van der Waals surface area contributed by atoms with E-state index in [0.29, 0.717) is 0 Å². The van der Waals surface area contributed by atoms with E-state index in [2.05, 4.69) is 41.1 Å². The largest absolute Gasteiger partial charge is 0.399 e. The fraction of sp³-hybridized carbons (Fsp3) is 0.308. The molecule has 0 aliphatic carbocycles. The van der Waals surface area contributed by atoms with Crippen LogP contribution in [0.1, 0.15) is 11.1 Å². The summed E-state index contributed by atoms with van der Waals surface area (Å²) in [6.07, 6.45) is 1.69. The van der Waals surface area contributed by atoms with Crippen molar-refractivity contribution in [1.82, 2.24) is 0 Å². The molecule has 1 rings (SSSR count). The van der Waals surface area contributed by atoms with Crippen LogP contribution in [-0.4, -0.2) is 21.4 Å². The lowest BCUT2D eigenvalue weighted by atomic mass is 10.1. The summed E-state index contributed by atoms with van der Waals surface area (Å²) in [7, 11) is 0.204. The predicted octanol–water partition coefficient (Wildman–Crippen LogP) is 2.90. The molecule has 0 N–H and O–H groups in total. The predicted molar refractivity (Wildman–Crippen MR) is 71.3 cm³/mol. The normalized spacial score (nSPS) is 11.0. The molecule has 16 heavy (non-hydrogen) atoms. The number of benzene rings is 1. The number of hydrogen-bond acceptors (Lipinski definition) is 2. The van der Waals surface area contributed by atoms with E-state index in [9.17, 15) is 0 Å². The van der Waals surface area contributed by atoms with Crippen LogP contribution >= 0.6 is 0 Å². The van der Waals surface area contributed by atoms with Crippen molar-refractivity contribution in [2.75, 3.05) is 7.11 Å². The van der Waals surface area contributed by atoms with Gasteiger partial charge in [0, 0.05) is 11.1 Å². The van der Waals surface area contributed by atoms with E-state index in [1.54, 1.807) is 6.21 Å². The Bertz CT molecular complexity index is 435. The third-order valence-corrected chi connectivity index (χ3v) is 2.71. The molecule has 2 nitrogen and oxygen atoms in total. The smallest absolute Gasteiger partial charge is 0.129 e. The minimum absolute atomic E-state index is 0.995. The first-order valence-corrected chi connectivity index (χ1v) is 8.72. The Hall–Kier alpha value is -1.53. The standard InChI is InChI=1S/C13H17NOSi/c1-15-14-11-13-8-6-5-7-12(13)9-10-16(2,3)4/h5-8,11H,1-4H3/b14-11+. The molecule has 1 aromatic carbocycles. The summed E-state index contributed by atoms with van der Waals surface area (Å²) in [5.74, 6) is 3.23. The third-order valence-electron chi connectivity index (χ3n) is 1.83. The highest BCUT2D eigenvalue weighted by atomic mass is 28.3. The van der Waals surface area contributed by atoms with Gasteiger partial charge in [0.2, 0.25) is 0 Å². The fourth-order valence-corrected chi connectivity index (χ4v) is 1.60. The summed E-state index contributed by atoms with van der Waals surface area (Å²) in [5.41, 5.74) is 5.34. The highest BCUT2D eigenvalue weighted by Gasteiger charge is 2.07. The van der Waals surface area contributed by atoms with Crippen LogP contribution in [0, 0.1) is 11.5 Å². The summed E-state index contributed by atoms with van der Waals surface area (Å²) in [6, 6.07) is 7.94. The van der Waals surface area contributed by atoms with Crippen LogP contribution in [0.25, 0.3) is 0 Å². The zero-order chi connectivity index (χ0) is 12.0. The van der Waals surface area contributed by atoms with Crippen LogP contribution in [0.4, 0.5) is 0 Å². The molecule has 0 spiro atoms. The maximum absolute atomic E-state index is 4.68. The molecule has 0 unspecified atom stereocenters. The van der Waals surface area contributed by atoms with Gasteiger partial charge in [-0.15, -0.1) is 5.54 Å². The van der Waals surface area contributed by atoms with Gasteiger partial charge >= 0.3 is 0 Å². The molecule has 0 radical (unpaired) electrons. The number of nitrogens with zero attached hydrogens (tertiary/aromatic N) is 1. The molecule has 0 amide bonds. The van der Waals surface area contributed by atoms with E-state index in [1.165, 1.54) is 7.11 Å². The van der Waals surface area contributed by atoms with Crippen molar-refractivity contribution >= 4 is 14.3 Å². The van der Waals surface area contributed by atoms with E-state index in [0.717, 1.165) is 11.1 Å². The van der Waals surface area contributed by atoms with Crippen molar-refractivity contribution in [2.24, 2.45) is 5.16 Å². The average molecular weight is 231 g/mol. The van der Waals surface area contributed by atoms with Gasteiger partial charge in [-0.1, -0.05) is 48.9 Å². The maximum Gasteiger partial charge on any atom is 0.129 e. The highest BCUT2D eigenvalue weighted by Crippen LogP contribution is 2.06. The number of hydrogen-bond donors (Lipinski definition) is 0. The molecule has 0 bridgehead atoms. The first-order valence-electron chi connectivity index (χ1n) is 5.22. The van der Waals surface area contributed by atoms with E-state index in [-0.39, 0.29) is 0 Å². The van der Waals surface area contributed by atoms with E-state index in [1.807, 2.05) is 24.3 Å². The molecule has 0 saturated heterocycles. The van der Waals surface area contributed by atoms with Crippen LogP contribution in [0.5, 0.6) is 0 Å². The van der Waals surface area contributed by atoms with Gasteiger partial charge in [0.05, 0.1) is 6.21 Å². The Labute approximate surface area is 98.3 Å². The van der Waals surface area contributed by atoms with Crippen molar-refractivity contribution in [3.63, 3.8) is 0 Å². The summed E-state index contributed by atoms with van der Waals surface area (Å²) in [5, 5.41) is 3.77. The summed E-state index contributed by atoms with van der Waals surface area (Å²) in [4.78, 5) is 4.68. The lowest BCUT2D eigenvalue weighted by Crippen LogP contribution is -2.16. The Morgan fingerprint density at radius 2 is 1.94 bits per heavy atom. The monoisotopic (exact) mass is 231 g/mol. The minimum Gasteiger partial charge on any atom is -0.399 e. The van der Waals surface area contributed by atoms with E-state index >= 15 is 0 Å². The number of rotatable bonds is 2. The molecular formula is C13H17NOSi. The fourth-order valence-electron chi connectivity index (χ4n) is 1.09. The Balaban J connectivity index is 3.03. The van der Waals surface area contributed by atoms with Crippen LogP contribution in [0.3, 0.4) is 0 Å². The van der Waals surface area contributed by atoms with Gasteiger partial charge in [-0.25, -0.2) is 0 Å². The first kappa shape index (κ1) is 12.5. The lowest BCUT2D eigenvalue weighted by Gasteiger charge is -2.04. The molecule has 0 atom stereocenters. The zero-order valence-corrected chi connectivity index (χ0v) is 11.2. The molecule has 0 heterocycles. The second-order valence-electron chi connectivity index (χ2n) is 4.50. The van der Waals surface area contributed by atoms with Crippen molar-refractivity contribution in [3.8, 4) is 11.5 Å². The van der Waals surface area contributed by atoms with Gasteiger partial charge in [-0.3, -0.25) is 0 Å². The van der Waals surface area contributed by atoms with Gasteiger partial charge in [0.1, 0.15) is 15.2 Å². The highest BCUT2D eigenvalue weighted by molar-refractivity contribution is 6.83. The molecule has 0 fully saturated rings. The van der Waals surface area contributed by atoms with Crippen LogP contribution in [0.2, 0.25) is 19.6 Å². The second-order valence-corrected chi connectivity index (χ2v) is 9.25. The topological polar surface area (TPSA) is 21.6 Å². The Kier molecular flexibility index (Phi) is 4.33. The molecule has 84 valence electrons. The molecule has 0 aliphatic rings. The van der Waals surface area contributed by atoms with Crippen LogP contribution in [-0.2, 0) is 4.84 Å². The molecule has 0 aliphatic heterocycles. The maximum atomic E-state index is 4.68. The number of oxime groups is 1. The van der Waals surface area contributed by atoms with Crippen LogP contribution < -0.4 is 0 Å². The SMILES string of the molecule is CO/N=C/c1ccccc1C#C[Si](C)(C)C. The van der Waals surface area contributed by atoms with Gasteiger partial charge in [-0.05, 0) is 6.07 Å². The van der Waals surface area contributed by atoms with E-state index in [4.69, 9.17) is 0 Å². The summed E-state index contributed by atoms with van der Waals surface area (Å²) < 4.78 is 0. The van der Waals surface area contributed by atoms with E-state index < -0.39 is 8.07 Å². The zero-order valence-electron chi connectivity index (χ0n) is 10.2. The molecule has 3 heteroatoms. The average Bonchev–Trinajstić information content (AvgIpc) is 2.23. The lowest BCUT2D eigenvalue weighted by molar-refractivity contribution is 0.215. The first-order chi connectivity index (χ1) is 7.53. The summed E-state index contributed by atoms with van der Waals surface area (Å²) in [6.45, 7) is 6.68.